The Morgan fingerprint density at radius 2 is 1.02 bits per heavy atom. The molecule has 2 unspecified atom stereocenters. The number of allylic oxidation sites excluding steroid dienone is 1. The van der Waals surface area contributed by atoms with Crippen molar-refractivity contribution < 1.29 is 44.7 Å². The van der Waals surface area contributed by atoms with E-state index in [1.54, 1.807) is 27.7 Å². The number of aliphatic hydroxyl groups is 4. The molecule has 0 saturated heterocycles. The lowest BCUT2D eigenvalue weighted by molar-refractivity contribution is -0.300. The molecule has 2 atom stereocenters. The second-order valence-corrected chi connectivity index (χ2v) is 12.9. The molecule has 0 aliphatic carbocycles. The molecular weight excluding hydrogens is 564 g/mol. The van der Waals surface area contributed by atoms with Gasteiger partial charge in [-0.2, -0.15) is 0 Å². The third-order valence-corrected chi connectivity index (χ3v) is 7.60. The van der Waals surface area contributed by atoms with Crippen LogP contribution in [-0.2, 0) is 19.2 Å². The minimum Gasteiger partial charge on any atom is -0.876 e. The summed E-state index contributed by atoms with van der Waals surface area (Å²) in [6.45, 7) is 11.0. The summed E-state index contributed by atoms with van der Waals surface area (Å²) < 4.78 is 0. The van der Waals surface area contributed by atoms with Crippen molar-refractivity contribution in [3.8, 4) is 0 Å². The van der Waals surface area contributed by atoms with E-state index in [0.29, 0.717) is 24.6 Å². The summed E-state index contributed by atoms with van der Waals surface area (Å²) in [5.74, 6) is -0.512. The standard InChI is InChI=1S/C22H42N4O8S2.C3H6O/c1-21(2,13-27)17(31)19(33)25-7-5-15(29)23-9-11-35-36-12-10-24-16(30)6-8-26-20(34)18(32)22(3,4)14-28;1-3(2)4/h17-18,27-28,31-32H,5-14H2,1-4H3,(H,23,29)(H,24,30)(H,25,33)(H,26,34);4H,1H2,2H3/p-1. The molecule has 0 spiro atoms. The second-order valence-electron chi connectivity index (χ2n) is 10.2. The number of carbonyl (C=O) groups is 4. The third-order valence-electron chi connectivity index (χ3n) is 5.19. The zero-order valence-corrected chi connectivity index (χ0v) is 25.7. The van der Waals surface area contributed by atoms with Crippen molar-refractivity contribution in [1.82, 2.24) is 21.3 Å². The summed E-state index contributed by atoms with van der Waals surface area (Å²) in [4.78, 5) is 47.3. The molecule has 0 fully saturated rings. The summed E-state index contributed by atoms with van der Waals surface area (Å²) in [5.41, 5.74) is -1.94. The van der Waals surface area contributed by atoms with E-state index in [1.807, 2.05) is 0 Å². The van der Waals surface area contributed by atoms with Crippen LogP contribution in [0.3, 0.4) is 0 Å². The van der Waals surface area contributed by atoms with Gasteiger partial charge in [0.15, 0.2) is 0 Å². The van der Waals surface area contributed by atoms with Gasteiger partial charge in [0.2, 0.25) is 23.6 Å². The summed E-state index contributed by atoms with van der Waals surface area (Å²) in [5, 5.41) is 57.8. The smallest absolute Gasteiger partial charge is 0.249 e. The van der Waals surface area contributed by atoms with Gasteiger partial charge < -0.3 is 46.8 Å². The fraction of sp³-hybridized carbons (Fsp3) is 0.760. The van der Waals surface area contributed by atoms with E-state index < -0.39 is 34.9 Å². The van der Waals surface area contributed by atoms with E-state index in [2.05, 4.69) is 27.8 Å². The molecule has 234 valence electrons. The van der Waals surface area contributed by atoms with Crippen LogP contribution < -0.4 is 26.4 Å². The van der Waals surface area contributed by atoms with E-state index in [1.165, 1.54) is 28.5 Å². The molecule has 0 aliphatic rings. The van der Waals surface area contributed by atoms with E-state index >= 15 is 0 Å². The van der Waals surface area contributed by atoms with Gasteiger partial charge in [-0.3, -0.25) is 19.2 Å². The molecule has 0 aromatic heterocycles. The molecule has 0 bridgehead atoms. The lowest BCUT2D eigenvalue weighted by Gasteiger charge is -2.27. The van der Waals surface area contributed by atoms with Crippen LogP contribution in [0.25, 0.3) is 0 Å². The Labute approximate surface area is 244 Å². The lowest BCUT2D eigenvalue weighted by atomic mass is 9.87. The van der Waals surface area contributed by atoms with Crippen LogP contribution >= 0.6 is 21.6 Å². The zero-order valence-electron chi connectivity index (χ0n) is 24.1. The minimum absolute atomic E-state index is 0.0699. The quantitative estimate of drug-likeness (QED) is 0.0465. The van der Waals surface area contributed by atoms with E-state index in [4.69, 9.17) is 0 Å². The Hall–Kier alpha value is -2.04. The van der Waals surface area contributed by atoms with E-state index in [-0.39, 0.29) is 56.7 Å². The number of nitrogens with one attached hydrogen (secondary N) is 4. The molecule has 4 amide bonds. The van der Waals surface area contributed by atoms with E-state index in [0.717, 1.165) is 0 Å². The van der Waals surface area contributed by atoms with E-state index in [9.17, 15) is 44.7 Å². The van der Waals surface area contributed by atoms with Crippen molar-refractivity contribution in [3.63, 3.8) is 0 Å². The van der Waals surface area contributed by atoms with Crippen LogP contribution in [0.4, 0.5) is 0 Å². The van der Waals surface area contributed by atoms with Crippen molar-refractivity contribution in [1.29, 1.82) is 0 Å². The number of hydrogen-bond donors (Lipinski definition) is 8. The van der Waals surface area contributed by atoms with Crippen molar-refractivity contribution in [3.05, 3.63) is 12.3 Å². The van der Waals surface area contributed by atoms with Gasteiger partial charge in [-0.1, -0.05) is 56.2 Å². The molecule has 0 aromatic carbocycles. The van der Waals surface area contributed by atoms with Gasteiger partial charge in [-0.15, -0.1) is 12.3 Å². The average Bonchev–Trinajstić information content (AvgIpc) is 2.88. The largest absolute Gasteiger partial charge is 0.876 e. The fourth-order valence-electron chi connectivity index (χ4n) is 2.43. The normalized spacial score (nSPS) is 12.7. The topological polar surface area (TPSA) is 220 Å². The SMILES string of the molecule is C=C(C)[O-].CC(C)(CO)C(O)C(=O)NCCC(=O)NCCSSCCNC(=O)CCNC(=O)C(O)C(C)(C)CO. The van der Waals surface area contributed by atoms with Gasteiger partial charge >= 0.3 is 0 Å². The van der Waals surface area contributed by atoms with Crippen LogP contribution in [-0.4, -0.2) is 107 Å². The number of hydrogen-bond acceptors (Lipinski definition) is 11. The van der Waals surface area contributed by atoms with Crippen LogP contribution in [0, 0.1) is 10.8 Å². The highest BCUT2D eigenvalue weighted by atomic mass is 33.1. The predicted molar refractivity (Wildman–Crippen MR) is 155 cm³/mol. The molecule has 0 aromatic rings. The van der Waals surface area contributed by atoms with Crippen molar-refractivity contribution in [2.45, 2.75) is 59.7 Å². The Kier molecular flexibility index (Phi) is 21.7. The van der Waals surface area contributed by atoms with Gasteiger partial charge in [-0.05, 0) is 0 Å². The number of amides is 4. The van der Waals surface area contributed by atoms with Gasteiger partial charge in [0, 0.05) is 61.4 Å². The number of aliphatic hydroxyl groups excluding tert-OH is 4. The van der Waals surface area contributed by atoms with Gasteiger partial charge in [-0.25, -0.2) is 0 Å². The first-order valence-corrected chi connectivity index (χ1v) is 15.2. The Bertz CT molecular complexity index is 736. The molecule has 0 aliphatic heterocycles. The van der Waals surface area contributed by atoms with Gasteiger partial charge in [0.05, 0.1) is 13.2 Å². The molecule has 0 saturated carbocycles. The van der Waals surface area contributed by atoms with Crippen LogP contribution in [0.15, 0.2) is 12.3 Å². The Morgan fingerprint density at radius 3 is 1.30 bits per heavy atom. The highest BCUT2D eigenvalue weighted by Gasteiger charge is 2.33. The summed E-state index contributed by atoms with van der Waals surface area (Å²) >= 11 is 0. The molecule has 0 heterocycles. The first-order valence-electron chi connectivity index (χ1n) is 12.8. The lowest BCUT2D eigenvalue weighted by Crippen LogP contribution is -2.46. The second kappa shape index (κ2) is 21.7. The maximum atomic E-state index is 11.8. The Morgan fingerprint density at radius 1 is 0.725 bits per heavy atom. The van der Waals surface area contributed by atoms with Gasteiger partial charge in [0.25, 0.3) is 0 Å². The monoisotopic (exact) mass is 611 g/mol. The molecular formula is C25H47N4O9S2-. The fourth-order valence-corrected chi connectivity index (χ4v) is 4.25. The van der Waals surface area contributed by atoms with Crippen molar-refractivity contribution in [2.75, 3.05) is 50.9 Å². The van der Waals surface area contributed by atoms with Gasteiger partial charge in [0.1, 0.15) is 12.2 Å². The molecule has 40 heavy (non-hydrogen) atoms. The highest BCUT2D eigenvalue weighted by Crippen LogP contribution is 2.20. The first-order chi connectivity index (χ1) is 18.5. The molecule has 0 rings (SSSR count). The number of carbonyl (C=O) groups excluding carboxylic acids is 4. The summed E-state index contributed by atoms with van der Waals surface area (Å²) in [7, 11) is 3.07. The van der Waals surface area contributed by atoms with Crippen LogP contribution in [0.2, 0.25) is 0 Å². The highest BCUT2D eigenvalue weighted by molar-refractivity contribution is 8.76. The first kappa shape index (κ1) is 40.1. The maximum Gasteiger partial charge on any atom is 0.249 e. The number of rotatable bonds is 19. The Balaban J connectivity index is 0. The van der Waals surface area contributed by atoms with Crippen molar-refractivity contribution >= 4 is 45.2 Å². The molecule has 0 radical (unpaired) electrons. The summed E-state index contributed by atoms with van der Waals surface area (Å²) in [6.07, 6.45) is -2.59. The molecule has 8 N–H and O–H groups in total. The zero-order chi connectivity index (χ0) is 31.4. The predicted octanol–water partition coefficient (Wildman–Crippen LogP) is -1.75. The minimum atomic E-state index is -1.37. The molecule has 15 heteroatoms. The maximum absolute atomic E-state index is 11.8. The average molecular weight is 612 g/mol. The summed E-state index contributed by atoms with van der Waals surface area (Å²) in [6, 6.07) is 0. The third kappa shape index (κ3) is 19.9. The molecule has 13 nitrogen and oxygen atoms in total. The van der Waals surface area contributed by atoms with Crippen molar-refractivity contribution in [2.24, 2.45) is 10.8 Å². The van der Waals surface area contributed by atoms with Crippen LogP contribution in [0.5, 0.6) is 0 Å². The van der Waals surface area contributed by atoms with Crippen LogP contribution in [0.1, 0.15) is 47.5 Å².